The van der Waals surface area contributed by atoms with Gasteiger partial charge in [-0.15, -0.1) is 0 Å². The number of aryl methyl sites for hydroxylation is 1. The molecule has 0 bridgehead atoms. The fourth-order valence-electron chi connectivity index (χ4n) is 3.79. The Balaban J connectivity index is 1.74. The summed E-state index contributed by atoms with van der Waals surface area (Å²) >= 11 is 0. The van der Waals surface area contributed by atoms with E-state index in [9.17, 15) is 14.4 Å². The maximum atomic E-state index is 13.0. The number of piperidine rings is 1. The van der Waals surface area contributed by atoms with Crippen molar-refractivity contribution in [2.75, 3.05) is 26.8 Å². The lowest BCUT2D eigenvalue weighted by molar-refractivity contribution is -0.136. The van der Waals surface area contributed by atoms with Gasteiger partial charge in [0.2, 0.25) is 5.91 Å². The van der Waals surface area contributed by atoms with E-state index >= 15 is 0 Å². The lowest BCUT2D eigenvalue weighted by Crippen LogP contribution is -2.62. The van der Waals surface area contributed by atoms with E-state index in [2.05, 4.69) is 15.6 Å². The molecule has 1 saturated heterocycles. The molecule has 32 heavy (non-hydrogen) atoms. The summed E-state index contributed by atoms with van der Waals surface area (Å²) in [6.45, 7) is 7.99. The van der Waals surface area contributed by atoms with E-state index in [0.29, 0.717) is 18.7 Å². The maximum Gasteiger partial charge on any atom is 0.408 e. The van der Waals surface area contributed by atoms with Crippen LogP contribution >= 0.6 is 0 Å². The fourth-order valence-corrected chi connectivity index (χ4v) is 3.79. The highest BCUT2D eigenvalue weighted by atomic mass is 16.6. The summed E-state index contributed by atoms with van der Waals surface area (Å²) in [6, 6.07) is 6.87. The number of likely N-dealkylation sites (tertiary alicyclic amines) is 1. The molecule has 9 heteroatoms. The van der Waals surface area contributed by atoms with Crippen molar-refractivity contribution >= 4 is 28.8 Å². The third-order valence-electron chi connectivity index (χ3n) is 5.27. The number of nitrogens with zero attached hydrogens (tertiary/aromatic N) is 1. The van der Waals surface area contributed by atoms with Gasteiger partial charge in [-0.05, 0) is 52.3 Å². The normalized spacial score (nSPS) is 19.0. The summed E-state index contributed by atoms with van der Waals surface area (Å²) in [5.41, 5.74) is 1.77. The number of benzene rings is 1. The smallest absolute Gasteiger partial charge is 0.408 e. The van der Waals surface area contributed by atoms with Crippen LogP contribution in [0.1, 0.15) is 43.2 Å². The number of ether oxygens (including phenoxy) is 2. The first-order valence-corrected chi connectivity index (χ1v) is 10.7. The first-order chi connectivity index (χ1) is 15.1. The summed E-state index contributed by atoms with van der Waals surface area (Å²) in [5, 5.41) is 6.79. The predicted molar refractivity (Wildman–Crippen MR) is 121 cm³/mol. The average Bonchev–Trinajstić information content (AvgIpc) is 3.11. The molecule has 3 N–H and O–H groups in total. The molecule has 1 aliphatic heterocycles. The molecule has 0 saturated carbocycles. The second-order valence-corrected chi connectivity index (χ2v) is 9.17. The Kier molecular flexibility index (Phi) is 7.08. The number of H-pyrrole nitrogens is 1. The van der Waals surface area contributed by atoms with Crippen LogP contribution in [0.3, 0.4) is 0 Å². The molecule has 0 unspecified atom stereocenters. The van der Waals surface area contributed by atoms with Crippen molar-refractivity contribution in [3.63, 3.8) is 0 Å². The number of methoxy groups -OCH3 is 1. The van der Waals surface area contributed by atoms with Gasteiger partial charge in [-0.3, -0.25) is 9.59 Å². The Morgan fingerprint density at radius 3 is 2.59 bits per heavy atom. The zero-order valence-corrected chi connectivity index (χ0v) is 19.3. The van der Waals surface area contributed by atoms with Gasteiger partial charge < -0.3 is 30.0 Å². The fraction of sp³-hybridized carbons (Fsp3) is 0.522. The summed E-state index contributed by atoms with van der Waals surface area (Å²) in [7, 11) is 1.46. The standard InChI is InChI=1S/C23H32N4O5/c1-14-6-7-16-15(10-14)11-18(24-16)21(29)25-17-8-9-27(20(28)13-31-5)12-19(17)26-22(30)32-23(2,3)4/h6-7,10-11,17,19,24H,8-9,12-13H2,1-5H3,(H,25,29)(H,26,30)/t17-,19+/m0/s1. The first-order valence-electron chi connectivity index (χ1n) is 10.7. The minimum absolute atomic E-state index is 0.0370. The van der Waals surface area contributed by atoms with E-state index in [1.54, 1.807) is 25.7 Å². The molecule has 1 aliphatic rings. The van der Waals surface area contributed by atoms with Crippen LogP contribution in [0.2, 0.25) is 0 Å². The van der Waals surface area contributed by atoms with E-state index in [4.69, 9.17) is 9.47 Å². The number of hydrogen-bond acceptors (Lipinski definition) is 5. The molecule has 0 aliphatic carbocycles. The van der Waals surface area contributed by atoms with Crippen LogP contribution in [-0.2, 0) is 14.3 Å². The number of rotatable bonds is 5. The maximum absolute atomic E-state index is 13.0. The predicted octanol–water partition coefficient (Wildman–Crippen LogP) is 2.35. The van der Waals surface area contributed by atoms with Gasteiger partial charge >= 0.3 is 6.09 Å². The van der Waals surface area contributed by atoms with Crippen LogP contribution in [0.5, 0.6) is 0 Å². The number of carbonyl (C=O) groups excluding carboxylic acids is 3. The van der Waals surface area contributed by atoms with Crippen LogP contribution in [0.15, 0.2) is 24.3 Å². The molecule has 2 aromatic rings. The Hall–Kier alpha value is -3.07. The van der Waals surface area contributed by atoms with E-state index in [1.807, 2.05) is 31.2 Å². The number of fused-ring (bicyclic) bond motifs is 1. The Morgan fingerprint density at radius 1 is 1.16 bits per heavy atom. The van der Waals surface area contributed by atoms with E-state index in [0.717, 1.165) is 16.5 Å². The largest absolute Gasteiger partial charge is 0.444 e. The molecular weight excluding hydrogens is 412 g/mol. The van der Waals surface area contributed by atoms with Gasteiger partial charge in [-0.1, -0.05) is 11.6 Å². The summed E-state index contributed by atoms with van der Waals surface area (Å²) in [5.74, 6) is -0.434. The molecule has 1 fully saturated rings. The highest BCUT2D eigenvalue weighted by molar-refractivity contribution is 5.98. The molecule has 174 valence electrons. The molecule has 3 rings (SSSR count). The second-order valence-electron chi connectivity index (χ2n) is 9.17. The minimum atomic E-state index is -0.661. The van der Waals surface area contributed by atoms with Crippen molar-refractivity contribution in [2.45, 2.75) is 51.8 Å². The zero-order chi connectivity index (χ0) is 23.5. The topological polar surface area (TPSA) is 113 Å². The number of hydrogen-bond donors (Lipinski definition) is 3. The van der Waals surface area contributed by atoms with Gasteiger partial charge in [0.15, 0.2) is 0 Å². The van der Waals surface area contributed by atoms with Gasteiger partial charge in [0.05, 0.1) is 12.1 Å². The number of carbonyl (C=O) groups is 3. The van der Waals surface area contributed by atoms with Crippen LogP contribution in [0.25, 0.3) is 10.9 Å². The number of nitrogens with one attached hydrogen (secondary N) is 3. The molecular formula is C23H32N4O5. The summed E-state index contributed by atoms with van der Waals surface area (Å²) in [6.07, 6.45) is -0.107. The molecule has 0 radical (unpaired) electrons. The lowest BCUT2D eigenvalue weighted by Gasteiger charge is -2.39. The van der Waals surface area contributed by atoms with Gasteiger partial charge in [-0.2, -0.15) is 0 Å². The Labute approximate surface area is 187 Å². The average molecular weight is 445 g/mol. The number of aromatic nitrogens is 1. The Bertz CT molecular complexity index is 994. The van der Waals surface area contributed by atoms with Gasteiger partial charge in [0, 0.05) is 31.1 Å². The van der Waals surface area contributed by atoms with Crippen molar-refractivity contribution in [3.8, 4) is 0 Å². The van der Waals surface area contributed by atoms with Crippen LogP contribution in [0, 0.1) is 6.92 Å². The first kappa shape index (κ1) is 23.6. The van der Waals surface area contributed by atoms with Crippen molar-refractivity contribution < 1.29 is 23.9 Å². The Morgan fingerprint density at radius 2 is 1.91 bits per heavy atom. The minimum Gasteiger partial charge on any atom is -0.444 e. The second kappa shape index (κ2) is 9.60. The van der Waals surface area contributed by atoms with Gasteiger partial charge in [0.25, 0.3) is 5.91 Å². The highest BCUT2D eigenvalue weighted by Gasteiger charge is 2.34. The molecule has 9 nitrogen and oxygen atoms in total. The lowest BCUT2D eigenvalue weighted by atomic mass is 9.98. The van der Waals surface area contributed by atoms with E-state index < -0.39 is 17.7 Å². The number of alkyl carbamates (subject to hydrolysis) is 1. The summed E-state index contributed by atoms with van der Waals surface area (Å²) < 4.78 is 10.3. The third kappa shape index (κ3) is 6.00. The van der Waals surface area contributed by atoms with E-state index in [1.165, 1.54) is 7.11 Å². The molecule has 1 aromatic carbocycles. The van der Waals surface area contributed by atoms with Gasteiger partial charge in [-0.25, -0.2) is 4.79 Å². The van der Waals surface area contributed by atoms with Crippen molar-refractivity contribution in [3.05, 3.63) is 35.5 Å². The molecule has 0 spiro atoms. The van der Waals surface area contributed by atoms with Crippen molar-refractivity contribution in [1.29, 1.82) is 0 Å². The van der Waals surface area contributed by atoms with E-state index in [-0.39, 0.29) is 31.0 Å². The monoisotopic (exact) mass is 444 g/mol. The van der Waals surface area contributed by atoms with Crippen LogP contribution in [-0.4, -0.2) is 72.3 Å². The zero-order valence-electron chi connectivity index (χ0n) is 19.3. The van der Waals surface area contributed by atoms with Crippen LogP contribution < -0.4 is 10.6 Å². The molecule has 1 aromatic heterocycles. The molecule has 2 atom stereocenters. The number of amides is 3. The molecule has 3 amide bonds. The number of aromatic amines is 1. The van der Waals surface area contributed by atoms with Gasteiger partial charge in [0.1, 0.15) is 17.9 Å². The van der Waals surface area contributed by atoms with Crippen molar-refractivity contribution in [1.82, 2.24) is 20.5 Å². The van der Waals surface area contributed by atoms with Crippen molar-refractivity contribution in [2.24, 2.45) is 0 Å². The van der Waals surface area contributed by atoms with Crippen LogP contribution in [0.4, 0.5) is 4.79 Å². The quantitative estimate of drug-likeness (QED) is 0.655. The SMILES string of the molecule is COCC(=O)N1CC[C@H](NC(=O)c2cc3cc(C)ccc3[nH]2)[C@H](NC(=O)OC(C)(C)C)C1. The third-order valence-corrected chi connectivity index (χ3v) is 5.27. The highest BCUT2D eigenvalue weighted by Crippen LogP contribution is 2.18. The molecule has 2 heterocycles. The summed E-state index contributed by atoms with van der Waals surface area (Å²) in [4.78, 5) is 42.4.